The lowest BCUT2D eigenvalue weighted by atomic mass is 10.1. The van der Waals surface area contributed by atoms with Gasteiger partial charge in [-0.3, -0.25) is 14.4 Å². The van der Waals surface area contributed by atoms with E-state index in [9.17, 15) is 14.4 Å². The molecular weight excluding hydrogens is 304 g/mol. The molecule has 0 radical (unpaired) electrons. The van der Waals surface area contributed by atoms with Gasteiger partial charge in [0.15, 0.2) is 0 Å². The maximum atomic E-state index is 11.9. The topological polar surface area (TPSA) is 88.1 Å². The molecule has 0 aromatic heterocycles. The van der Waals surface area contributed by atoms with Crippen molar-refractivity contribution in [2.75, 3.05) is 6.61 Å². The molecule has 0 unspecified atom stereocenters. The fourth-order valence-electron chi connectivity index (χ4n) is 2.01. The van der Waals surface area contributed by atoms with Gasteiger partial charge in [-0.25, -0.2) is 0 Å². The summed E-state index contributed by atoms with van der Waals surface area (Å²) < 4.78 is 21.0. The van der Waals surface area contributed by atoms with E-state index in [1.54, 1.807) is 32.9 Å². The van der Waals surface area contributed by atoms with Gasteiger partial charge < -0.3 is 18.9 Å². The first-order valence-electron chi connectivity index (χ1n) is 7.43. The van der Waals surface area contributed by atoms with Gasteiger partial charge in [0, 0.05) is 13.8 Å². The standard InChI is InChI=1S/C16H24O7/c1-10(17)20-9-14-13(21-11(2)18)7-6-12(22-14)8-15(19)23-16(3,4)5/h6-7,12-14H,8-9H2,1-5H3/t12-,13-,14+/m0/s1. The van der Waals surface area contributed by atoms with Crippen LogP contribution in [0.2, 0.25) is 0 Å². The van der Waals surface area contributed by atoms with Crippen molar-refractivity contribution in [1.29, 1.82) is 0 Å². The van der Waals surface area contributed by atoms with Gasteiger partial charge in [-0.05, 0) is 26.8 Å². The van der Waals surface area contributed by atoms with Crippen LogP contribution in [-0.4, -0.2) is 48.4 Å². The lowest BCUT2D eigenvalue weighted by molar-refractivity contribution is -0.170. The average molecular weight is 328 g/mol. The lowest BCUT2D eigenvalue weighted by Crippen LogP contribution is -2.42. The van der Waals surface area contributed by atoms with Crippen molar-refractivity contribution < 1.29 is 33.3 Å². The summed E-state index contributed by atoms with van der Waals surface area (Å²) in [4.78, 5) is 33.9. The molecule has 0 spiro atoms. The van der Waals surface area contributed by atoms with Crippen molar-refractivity contribution in [2.45, 2.75) is 65.0 Å². The molecule has 130 valence electrons. The highest BCUT2D eigenvalue weighted by atomic mass is 16.6. The summed E-state index contributed by atoms with van der Waals surface area (Å²) in [7, 11) is 0. The molecule has 1 rings (SSSR count). The molecule has 0 aromatic carbocycles. The Labute approximate surface area is 135 Å². The van der Waals surface area contributed by atoms with E-state index in [0.717, 1.165) is 0 Å². The van der Waals surface area contributed by atoms with Crippen LogP contribution in [0, 0.1) is 0 Å². The summed E-state index contributed by atoms with van der Waals surface area (Å²) in [6, 6.07) is 0. The summed E-state index contributed by atoms with van der Waals surface area (Å²) in [5.74, 6) is -1.33. The Balaban J connectivity index is 2.68. The van der Waals surface area contributed by atoms with E-state index in [1.165, 1.54) is 13.8 Å². The number of esters is 3. The van der Waals surface area contributed by atoms with Crippen LogP contribution in [0.1, 0.15) is 41.0 Å². The van der Waals surface area contributed by atoms with Gasteiger partial charge in [-0.1, -0.05) is 6.08 Å². The van der Waals surface area contributed by atoms with E-state index in [2.05, 4.69) is 0 Å². The van der Waals surface area contributed by atoms with E-state index in [4.69, 9.17) is 18.9 Å². The van der Waals surface area contributed by atoms with Crippen molar-refractivity contribution in [1.82, 2.24) is 0 Å². The minimum absolute atomic E-state index is 0.0249. The highest BCUT2D eigenvalue weighted by Gasteiger charge is 2.32. The Morgan fingerprint density at radius 1 is 1.09 bits per heavy atom. The molecular formula is C16H24O7. The Morgan fingerprint density at radius 3 is 2.26 bits per heavy atom. The van der Waals surface area contributed by atoms with Gasteiger partial charge in [-0.2, -0.15) is 0 Å². The monoisotopic (exact) mass is 328 g/mol. The number of hydrogen-bond donors (Lipinski definition) is 0. The van der Waals surface area contributed by atoms with Crippen molar-refractivity contribution in [2.24, 2.45) is 0 Å². The molecule has 0 saturated heterocycles. The quantitative estimate of drug-likeness (QED) is 0.429. The SMILES string of the molecule is CC(=O)OC[C@H]1O[C@H](CC(=O)OC(C)(C)C)C=C[C@@H]1OC(C)=O. The Morgan fingerprint density at radius 2 is 1.74 bits per heavy atom. The fourth-order valence-corrected chi connectivity index (χ4v) is 2.01. The third-order valence-electron chi connectivity index (χ3n) is 2.77. The number of rotatable bonds is 5. The van der Waals surface area contributed by atoms with Crippen LogP contribution in [0.25, 0.3) is 0 Å². The van der Waals surface area contributed by atoms with Crippen LogP contribution in [0.15, 0.2) is 12.2 Å². The van der Waals surface area contributed by atoms with Gasteiger partial charge in [0.2, 0.25) is 0 Å². The molecule has 0 amide bonds. The van der Waals surface area contributed by atoms with Crippen LogP contribution in [-0.2, 0) is 33.3 Å². The minimum atomic E-state index is -0.666. The molecule has 7 nitrogen and oxygen atoms in total. The van der Waals surface area contributed by atoms with E-state index < -0.39 is 41.8 Å². The summed E-state index contributed by atoms with van der Waals surface area (Å²) in [5, 5.41) is 0. The molecule has 1 aliphatic heterocycles. The number of ether oxygens (including phenoxy) is 4. The van der Waals surface area contributed by atoms with Gasteiger partial charge in [0.05, 0.1) is 12.5 Å². The first-order chi connectivity index (χ1) is 10.6. The second kappa shape index (κ2) is 8.10. The summed E-state index contributed by atoms with van der Waals surface area (Å²) >= 11 is 0. The third-order valence-corrected chi connectivity index (χ3v) is 2.77. The van der Waals surface area contributed by atoms with E-state index in [0.29, 0.717) is 0 Å². The number of carbonyl (C=O) groups excluding carboxylic acids is 3. The van der Waals surface area contributed by atoms with Crippen molar-refractivity contribution in [3.8, 4) is 0 Å². The van der Waals surface area contributed by atoms with E-state index in [-0.39, 0.29) is 13.0 Å². The zero-order chi connectivity index (χ0) is 17.6. The normalized spacial score (nSPS) is 24.0. The molecule has 0 N–H and O–H groups in total. The molecule has 0 aromatic rings. The third kappa shape index (κ3) is 7.78. The maximum Gasteiger partial charge on any atom is 0.309 e. The smallest absolute Gasteiger partial charge is 0.309 e. The highest BCUT2D eigenvalue weighted by Crippen LogP contribution is 2.20. The zero-order valence-electron chi connectivity index (χ0n) is 14.2. The Bertz CT molecular complexity index is 475. The van der Waals surface area contributed by atoms with Crippen molar-refractivity contribution in [3.05, 3.63) is 12.2 Å². The molecule has 0 bridgehead atoms. The van der Waals surface area contributed by atoms with Gasteiger partial charge >= 0.3 is 17.9 Å². The Kier molecular flexibility index (Phi) is 6.75. The fraction of sp³-hybridized carbons (Fsp3) is 0.688. The summed E-state index contributed by atoms with van der Waals surface area (Å²) in [6.45, 7) is 7.83. The van der Waals surface area contributed by atoms with Gasteiger partial charge in [0.1, 0.15) is 24.4 Å². The van der Waals surface area contributed by atoms with Crippen molar-refractivity contribution >= 4 is 17.9 Å². The minimum Gasteiger partial charge on any atom is -0.463 e. The van der Waals surface area contributed by atoms with Gasteiger partial charge in [-0.15, -0.1) is 0 Å². The number of carbonyl (C=O) groups is 3. The second-order valence-electron chi connectivity index (χ2n) is 6.27. The predicted molar refractivity (Wildman–Crippen MR) is 80.5 cm³/mol. The molecule has 1 aliphatic rings. The van der Waals surface area contributed by atoms with Crippen LogP contribution in [0.5, 0.6) is 0 Å². The highest BCUT2D eigenvalue weighted by molar-refractivity contribution is 5.71. The molecule has 0 fully saturated rings. The van der Waals surface area contributed by atoms with Crippen LogP contribution < -0.4 is 0 Å². The molecule has 0 saturated carbocycles. The molecule has 7 heteroatoms. The molecule has 3 atom stereocenters. The summed E-state index contributed by atoms with van der Waals surface area (Å²) in [5.41, 5.74) is -0.577. The van der Waals surface area contributed by atoms with Crippen LogP contribution >= 0.6 is 0 Å². The molecule has 1 heterocycles. The molecule has 23 heavy (non-hydrogen) atoms. The van der Waals surface area contributed by atoms with Gasteiger partial charge in [0.25, 0.3) is 0 Å². The van der Waals surface area contributed by atoms with E-state index in [1.807, 2.05) is 0 Å². The zero-order valence-corrected chi connectivity index (χ0v) is 14.2. The lowest BCUT2D eigenvalue weighted by Gasteiger charge is -2.31. The summed E-state index contributed by atoms with van der Waals surface area (Å²) in [6.07, 6.45) is 1.44. The largest absolute Gasteiger partial charge is 0.463 e. The second-order valence-corrected chi connectivity index (χ2v) is 6.27. The Hall–Kier alpha value is -1.89. The first-order valence-corrected chi connectivity index (χ1v) is 7.43. The first kappa shape index (κ1) is 19.2. The van der Waals surface area contributed by atoms with E-state index >= 15 is 0 Å². The predicted octanol–water partition coefficient (Wildman–Crippen LogP) is 1.54. The maximum absolute atomic E-state index is 11.9. The number of hydrogen-bond acceptors (Lipinski definition) is 7. The molecule has 0 aliphatic carbocycles. The van der Waals surface area contributed by atoms with Crippen LogP contribution in [0.4, 0.5) is 0 Å². The van der Waals surface area contributed by atoms with Crippen molar-refractivity contribution in [3.63, 3.8) is 0 Å². The average Bonchev–Trinajstić information content (AvgIpc) is 2.35. The van der Waals surface area contributed by atoms with Crippen LogP contribution in [0.3, 0.4) is 0 Å².